The first-order valence-electron chi connectivity index (χ1n) is 6.25. The molecular weight excluding hydrogens is 204 g/mol. The van der Waals surface area contributed by atoms with Crippen LogP contribution < -0.4 is 5.73 Å². The number of hydrogen-bond donors (Lipinski definition) is 1. The van der Waals surface area contributed by atoms with Gasteiger partial charge in [0.2, 0.25) is 0 Å². The molecule has 86 valence electrons. The number of thiocarbonyl (C=S) groups is 1. The molecule has 1 heterocycles. The van der Waals surface area contributed by atoms with Crippen molar-refractivity contribution in [1.82, 2.24) is 4.90 Å². The summed E-state index contributed by atoms with van der Waals surface area (Å²) >= 11 is 5.29. The van der Waals surface area contributed by atoms with E-state index in [-0.39, 0.29) is 5.41 Å². The van der Waals surface area contributed by atoms with Gasteiger partial charge in [-0.3, -0.25) is 0 Å². The highest BCUT2D eigenvalue weighted by Gasteiger charge is 2.38. The molecule has 15 heavy (non-hydrogen) atoms. The molecule has 0 amide bonds. The number of hydrogen-bond acceptors (Lipinski definition) is 2. The van der Waals surface area contributed by atoms with E-state index in [4.69, 9.17) is 18.0 Å². The Balaban J connectivity index is 1.96. The predicted molar refractivity (Wildman–Crippen MR) is 68.0 cm³/mol. The van der Waals surface area contributed by atoms with Crippen LogP contribution in [0, 0.1) is 5.41 Å². The van der Waals surface area contributed by atoms with Crippen molar-refractivity contribution in [1.29, 1.82) is 0 Å². The van der Waals surface area contributed by atoms with Crippen molar-refractivity contribution < 1.29 is 0 Å². The Labute approximate surface area is 98.2 Å². The molecule has 3 heteroatoms. The summed E-state index contributed by atoms with van der Waals surface area (Å²) in [5.41, 5.74) is 6.14. The zero-order valence-corrected chi connectivity index (χ0v) is 10.3. The van der Waals surface area contributed by atoms with Crippen LogP contribution in [0.4, 0.5) is 0 Å². The highest BCUT2D eigenvalue weighted by Crippen LogP contribution is 2.39. The van der Waals surface area contributed by atoms with Gasteiger partial charge in [-0.15, -0.1) is 0 Å². The maximum atomic E-state index is 5.95. The maximum absolute atomic E-state index is 5.95. The minimum absolute atomic E-state index is 0.187. The summed E-state index contributed by atoms with van der Waals surface area (Å²) in [4.78, 5) is 3.35. The zero-order chi connectivity index (χ0) is 10.7. The first-order chi connectivity index (χ1) is 7.23. The Morgan fingerprint density at radius 1 is 1.07 bits per heavy atom. The van der Waals surface area contributed by atoms with Crippen molar-refractivity contribution in [3.8, 4) is 0 Å². The van der Waals surface area contributed by atoms with Crippen molar-refractivity contribution in [2.45, 2.75) is 44.9 Å². The first kappa shape index (κ1) is 11.3. The van der Waals surface area contributed by atoms with Gasteiger partial charge < -0.3 is 10.6 Å². The molecule has 1 aliphatic heterocycles. The quantitative estimate of drug-likeness (QED) is 0.749. The third-order valence-electron chi connectivity index (χ3n) is 4.06. The molecule has 2 fully saturated rings. The Hall–Kier alpha value is -0.150. The highest BCUT2D eigenvalue weighted by atomic mass is 32.1. The topological polar surface area (TPSA) is 29.3 Å². The Bertz CT molecular complexity index is 228. The van der Waals surface area contributed by atoms with Crippen molar-refractivity contribution >= 4 is 17.2 Å². The third kappa shape index (κ3) is 2.51. The lowest BCUT2D eigenvalue weighted by Gasteiger charge is -2.36. The van der Waals surface area contributed by atoms with E-state index in [1.165, 1.54) is 58.0 Å². The van der Waals surface area contributed by atoms with Gasteiger partial charge in [0.05, 0.1) is 4.99 Å². The summed E-state index contributed by atoms with van der Waals surface area (Å²) in [5, 5.41) is 0. The van der Waals surface area contributed by atoms with Gasteiger partial charge in [-0.1, -0.05) is 31.5 Å². The molecule has 0 radical (unpaired) electrons. The summed E-state index contributed by atoms with van der Waals surface area (Å²) in [6.07, 6.45) is 9.17. The highest BCUT2D eigenvalue weighted by molar-refractivity contribution is 7.80. The molecule has 0 bridgehead atoms. The molecule has 2 rings (SSSR count). The number of likely N-dealkylation sites (tertiary alicyclic amines) is 1. The normalized spacial score (nSPS) is 26.7. The molecule has 1 saturated heterocycles. The largest absolute Gasteiger partial charge is 0.393 e. The molecule has 2 nitrogen and oxygen atoms in total. The fourth-order valence-electron chi connectivity index (χ4n) is 3.08. The van der Waals surface area contributed by atoms with Gasteiger partial charge in [-0.25, -0.2) is 0 Å². The van der Waals surface area contributed by atoms with Gasteiger partial charge in [0, 0.05) is 12.0 Å². The standard InChI is InChI=1S/C12H22N2S/c13-11(15)12(6-2-3-7-12)10-14-8-4-1-5-9-14/h1-10H2,(H2,13,15). The molecule has 1 aliphatic carbocycles. The van der Waals surface area contributed by atoms with Crippen LogP contribution in [0.25, 0.3) is 0 Å². The van der Waals surface area contributed by atoms with Crippen LogP contribution in [0.3, 0.4) is 0 Å². The molecule has 0 spiro atoms. The molecule has 0 aromatic rings. The smallest absolute Gasteiger partial charge is 0.0802 e. The second-order valence-corrected chi connectivity index (χ2v) is 5.63. The maximum Gasteiger partial charge on any atom is 0.0802 e. The first-order valence-corrected chi connectivity index (χ1v) is 6.66. The fourth-order valence-corrected chi connectivity index (χ4v) is 3.35. The van der Waals surface area contributed by atoms with Crippen LogP contribution in [-0.2, 0) is 0 Å². The summed E-state index contributed by atoms with van der Waals surface area (Å²) in [6, 6.07) is 0. The van der Waals surface area contributed by atoms with Crippen LogP contribution in [0.5, 0.6) is 0 Å². The molecule has 0 aromatic carbocycles. The molecule has 0 unspecified atom stereocenters. The predicted octanol–water partition coefficient (Wildman–Crippen LogP) is 2.32. The van der Waals surface area contributed by atoms with E-state index in [0.717, 1.165) is 11.5 Å². The van der Waals surface area contributed by atoms with Gasteiger partial charge in [-0.2, -0.15) is 0 Å². The second-order valence-electron chi connectivity index (χ2n) is 5.19. The van der Waals surface area contributed by atoms with E-state index >= 15 is 0 Å². The zero-order valence-electron chi connectivity index (χ0n) is 9.50. The van der Waals surface area contributed by atoms with Crippen LogP contribution in [0.2, 0.25) is 0 Å². The minimum atomic E-state index is 0.187. The Kier molecular flexibility index (Phi) is 3.62. The Morgan fingerprint density at radius 3 is 2.20 bits per heavy atom. The molecule has 1 saturated carbocycles. The van der Waals surface area contributed by atoms with Gasteiger partial charge in [0.1, 0.15) is 0 Å². The van der Waals surface area contributed by atoms with Crippen LogP contribution >= 0.6 is 12.2 Å². The van der Waals surface area contributed by atoms with E-state index in [9.17, 15) is 0 Å². The van der Waals surface area contributed by atoms with E-state index < -0.39 is 0 Å². The molecule has 2 N–H and O–H groups in total. The monoisotopic (exact) mass is 226 g/mol. The number of nitrogens with zero attached hydrogens (tertiary/aromatic N) is 1. The van der Waals surface area contributed by atoms with E-state index in [1.807, 2.05) is 0 Å². The third-order valence-corrected chi connectivity index (χ3v) is 4.49. The molecule has 0 aromatic heterocycles. The van der Waals surface area contributed by atoms with Crippen molar-refractivity contribution in [3.63, 3.8) is 0 Å². The SMILES string of the molecule is NC(=S)C1(CN2CCCCC2)CCCC1. The van der Waals surface area contributed by atoms with Gasteiger partial charge in [-0.05, 0) is 38.8 Å². The van der Waals surface area contributed by atoms with Crippen LogP contribution in [0.15, 0.2) is 0 Å². The molecular formula is C12H22N2S. The fraction of sp³-hybridized carbons (Fsp3) is 0.917. The lowest BCUT2D eigenvalue weighted by atomic mass is 9.85. The lowest BCUT2D eigenvalue weighted by Crippen LogP contribution is -2.45. The molecule has 2 aliphatic rings. The van der Waals surface area contributed by atoms with Crippen molar-refractivity contribution in [3.05, 3.63) is 0 Å². The van der Waals surface area contributed by atoms with E-state index in [0.29, 0.717) is 0 Å². The van der Waals surface area contributed by atoms with Gasteiger partial charge in [0.15, 0.2) is 0 Å². The van der Waals surface area contributed by atoms with Gasteiger partial charge in [0.25, 0.3) is 0 Å². The number of rotatable bonds is 3. The van der Waals surface area contributed by atoms with Crippen molar-refractivity contribution in [2.75, 3.05) is 19.6 Å². The summed E-state index contributed by atoms with van der Waals surface area (Å²) in [6.45, 7) is 3.64. The second kappa shape index (κ2) is 4.79. The van der Waals surface area contributed by atoms with Gasteiger partial charge >= 0.3 is 0 Å². The summed E-state index contributed by atoms with van der Waals surface area (Å²) in [7, 11) is 0. The minimum Gasteiger partial charge on any atom is -0.393 e. The average Bonchev–Trinajstić information content (AvgIpc) is 2.69. The summed E-state index contributed by atoms with van der Waals surface area (Å²) in [5.74, 6) is 0. The average molecular weight is 226 g/mol. The molecule has 0 atom stereocenters. The van der Waals surface area contributed by atoms with E-state index in [1.54, 1.807) is 0 Å². The van der Waals surface area contributed by atoms with Crippen molar-refractivity contribution in [2.24, 2.45) is 11.1 Å². The summed E-state index contributed by atoms with van der Waals surface area (Å²) < 4.78 is 0. The Morgan fingerprint density at radius 2 is 1.67 bits per heavy atom. The lowest BCUT2D eigenvalue weighted by molar-refractivity contribution is 0.173. The van der Waals surface area contributed by atoms with Crippen LogP contribution in [0.1, 0.15) is 44.9 Å². The van der Waals surface area contributed by atoms with E-state index in [2.05, 4.69) is 4.90 Å². The number of piperidine rings is 1. The van der Waals surface area contributed by atoms with Crippen LogP contribution in [-0.4, -0.2) is 29.5 Å². The number of nitrogens with two attached hydrogens (primary N) is 1.